The maximum Gasteiger partial charge on any atom is 0.0106 e. The first-order valence-electron chi connectivity index (χ1n) is 5.23. The van der Waals surface area contributed by atoms with Gasteiger partial charge in [-0.25, -0.2) is 0 Å². The highest BCUT2D eigenvalue weighted by Crippen LogP contribution is 2.31. The Kier molecular flexibility index (Phi) is 4.37. The molecule has 70 valence electrons. The van der Waals surface area contributed by atoms with E-state index in [-0.39, 0.29) is 0 Å². The molecule has 0 heterocycles. The van der Waals surface area contributed by atoms with E-state index in [0.29, 0.717) is 6.54 Å². The highest BCUT2D eigenvalue weighted by atomic mass is 14.5. The van der Waals surface area contributed by atoms with Gasteiger partial charge in [0, 0.05) is 6.54 Å². The van der Waals surface area contributed by atoms with Crippen molar-refractivity contribution in [1.29, 1.82) is 0 Å². The largest absolute Gasteiger partial charge is 0.327 e. The highest BCUT2D eigenvalue weighted by Gasteiger charge is 2.17. The van der Waals surface area contributed by atoms with Crippen LogP contribution in [0.5, 0.6) is 0 Å². The fourth-order valence-electron chi connectivity index (χ4n) is 2.15. The monoisotopic (exact) mass is 167 g/mol. The van der Waals surface area contributed by atoms with Crippen LogP contribution < -0.4 is 5.73 Å². The zero-order valence-corrected chi connectivity index (χ0v) is 8.13. The lowest BCUT2D eigenvalue weighted by molar-refractivity contribution is 0.297. The summed E-state index contributed by atoms with van der Waals surface area (Å²) in [6.07, 6.45) is 11.4. The number of allylic oxidation sites excluding steroid dienone is 1. The molecule has 1 heteroatoms. The third-order valence-corrected chi connectivity index (χ3v) is 2.95. The summed E-state index contributed by atoms with van der Waals surface area (Å²) >= 11 is 0. The highest BCUT2D eigenvalue weighted by molar-refractivity contribution is 4.91. The molecule has 2 N–H and O–H groups in total. The maximum atomic E-state index is 5.43. The molecule has 0 radical (unpaired) electrons. The first-order chi connectivity index (χ1) is 5.86. The molecule has 2 unspecified atom stereocenters. The minimum Gasteiger partial charge on any atom is -0.327 e. The Balaban J connectivity index is 2.30. The molecule has 1 saturated carbocycles. The molecule has 0 amide bonds. The van der Waals surface area contributed by atoms with Gasteiger partial charge in [0.05, 0.1) is 0 Å². The second-order valence-electron chi connectivity index (χ2n) is 3.86. The van der Waals surface area contributed by atoms with Crippen LogP contribution in [0.3, 0.4) is 0 Å². The molecule has 0 spiro atoms. The summed E-state index contributed by atoms with van der Waals surface area (Å²) in [5.41, 5.74) is 5.43. The van der Waals surface area contributed by atoms with Crippen molar-refractivity contribution in [2.45, 2.75) is 39.0 Å². The maximum absolute atomic E-state index is 5.43. The lowest BCUT2D eigenvalue weighted by Gasteiger charge is -2.26. The van der Waals surface area contributed by atoms with Crippen LogP contribution in [0.4, 0.5) is 0 Å². The fraction of sp³-hybridized carbons (Fsp3) is 0.818. The van der Waals surface area contributed by atoms with Crippen molar-refractivity contribution in [3.05, 3.63) is 12.2 Å². The molecule has 0 aromatic carbocycles. The van der Waals surface area contributed by atoms with E-state index in [1.54, 1.807) is 0 Å². The van der Waals surface area contributed by atoms with Gasteiger partial charge in [-0.1, -0.05) is 38.3 Å². The van der Waals surface area contributed by atoms with Gasteiger partial charge < -0.3 is 5.73 Å². The Morgan fingerprint density at radius 1 is 1.42 bits per heavy atom. The van der Waals surface area contributed by atoms with E-state index in [4.69, 9.17) is 5.73 Å². The van der Waals surface area contributed by atoms with Crippen molar-refractivity contribution in [2.24, 2.45) is 17.6 Å². The molecule has 1 aliphatic carbocycles. The van der Waals surface area contributed by atoms with Gasteiger partial charge in [0.25, 0.3) is 0 Å². The predicted octanol–water partition coefficient (Wildman–Crippen LogP) is 2.72. The Morgan fingerprint density at radius 3 is 2.92 bits per heavy atom. The molecule has 1 fully saturated rings. The fourth-order valence-corrected chi connectivity index (χ4v) is 2.15. The summed E-state index contributed by atoms with van der Waals surface area (Å²) in [6, 6.07) is 0. The molecule has 1 aliphatic rings. The minimum atomic E-state index is 0.702. The Labute approximate surface area is 76.0 Å². The van der Waals surface area contributed by atoms with Crippen molar-refractivity contribution in [2.75, 3.05) is 6.54 Å². The van der Waals surface area contributed by atoms with Crippen LogP contribution in [-0.2, 0) is 0 Å². The summed E-state index contributed by atoms with van der Waals surface area (Å²) in [4.78, 5) is 0. The quantitative estimate of drug-likeness (QED) is 0.643. The molecule has 0 saturated heterocycles. The molecule has 0 aliphatic heterocycles. The number of hydrogen-bond acceptors (Lipinski definition) is 1. The molecular formula is C11H21N. The van der Waals surface area contributed by atoms with Gasteiger partial charge in [-0.3, -0.25) is 0 Å². The van der Waals surface area contributed by atoms with E-state index in [2.05, 4.69) is 19.1 Å². The van der Waals surface area contributed by atoms with Crippen LogP contribution >= 0.6 is 0 Å². The molecule has 0 aromatic rings. The van der Waals surface area contributed by atoms with Crippen molar-refractivity contribution in [3.63, 3.8) is 0 Å². The standard InChI is InChI=1S/C11H21N/c1-2-10-5-3-6-11(9-10)7-4-8-12/h4,7,10-11H,2-3,5-6,8-9,12H2,1H3/b7-4+. The Morgan fingerprint density at radius 2 is 2.25 bits per heavy atom. The van der Waals surface area contributed by atoms with Gasteiger partial charge in [0.2, 0.25) is 0 Å². The zero-order valence-electron chi connectivity index (χ0n) is 8.13. The van der Waals surface area contributed by atoms with Gasteiger partial charge in [-0.05, 0) is 24.7 Å². The van der Waals surface area contributed by atoms with Gasteiger partial charge >= 0.3 is 0 Å². The van der Waals surface area contributed by atoms with E-state index in [9.17, 15) is 0 Å². The smallest absolute Gasteiger partial charge is 0.0106 e. The lowest BCUT2D eigenvalue weighted by Crippen LogP contribution is -2.13. The molecular weight excluding hydrogens is 146 g/mol. The average Bonchev–Trinajstić information content (AvgIpc) is 2.15. The van der Waals surface area contributed by atoms with Gasteiger partial charge in [-0.15, -0.1) is 0 Å². The second-order valence-corrected chi connectivity index (χ2v) is 3.86. The third-order valence-electron chi connectivity index (χ3n) is 2.95. The molecule has 12 heavy (non-hydrogen) atoms. The van der Waals surface area contributed by atoms with E-state index >= 15 is 0 Å². The second kappa shape index (κ2) is 5.36. The van der Waals surface area contributed by atoms with E-state index in [1.165, 1.54) is 32.1 Å². The summed E-state index contributed by atoms with van der Waals surface area (Å²) in [5, 5.41) is 0. The predicted molar refractivity (Wildman–Crippen MR) is 53.9 cm³/mol. The normalized spacial score (nSPS) is 31.2. The van der Waals surface area contributed by atoms with Crippen molar-refractivity contribution < 1.29 is 0 Å². The first kappa shape index (κ1) is 9.79. The molecule has 1 nitrogen and oxygen atoms in total. The summed E-state index contributed by atoms with van der Waals surface area (Å²) in [7, 11) is 0. The lowest BCUT2D eigenvalue weighted by atomic mass is 9.80. The van der Waals surface area contributed by atoms with Gasteiger partial charge in [-0.2, -0.15) is 0 Å². The SMILES string of the molecule is CCC1CCCC(/C=C/CN)C1. The van der Waals surface area contributed by atoms with Crippen LogP contribution in [0.25, 0.3) is 0 Å². The molecule has 0 bridgehead atoms. The molecule has 0 aromatic heterocycles. The van der Waals surface area contributed by atoms with Gasteiger partial charge in [0.1, 0.15) is 0 Å². The average molecular weight is 167 g/mol. The zero-order chi connectivity index (χ0) is 8.81. The number of rotatable bonds is 3. The number of nitrogens with two attached hydrogens (primary N) is 1. The first-order valence-corrected chi connectivity index (χ1v) is 5.23. The van der Waals surface area contributed by atoms with Crippen LogP contribution in [0.2, 0.25) is 0 Å². The summed E-state index contributed by atoms with van der Waals surface area (Å²) in [6.45, 7) is 3.01. The van der Waals surface area contributed by atoms with E-state index in [1.807, 2.05) is 0 Å². The molecule has 2 atom stereocenters. The van der Waals surface area contributed by atoms with E-state index in [0.717, 1.165) is 11.8 Å². The molecule has 1 rings (SSSR count). The number of hydrogen-bond donors (Lipinski definition) is 1. The third kappa shape index (κ3) is 2.98. The van der Waals surface area contributed by atoms with Crippen LogP contribution in [0.15, 0.2) is 12.2 Å². The van der Waals surface area contributed by atoms with Crippen molar-refractivity contribution in [1.82, 2.24) is 0 Å². The Hall–Kier alpha value is -0.300. The van der Waals surface area contributed by atoms with Crippen molar-refractivity contribution >= 4 is 0 Å². The van der Waals surface area contributed by atoms with Crippen LogP contribution in [-0.4, -0.2) is 6.54 Å². The Bertz CT molecular complexity index is 140. The van der Waals surface area contributed by atoms with Gasteiger partial charge in [0.15, 0.2) is 0 Å². The van der Waals surface area contributed by atoms with Crippen molar-refractivity contribution in [3.8, 4) is 0 Å². The van der Waals surface area contributed by atoms with Crippen LogP contribution in [0.1, 0.15) is 39.0 Å². The van der Waals surface area contributed by atoms with E-state index < -0.39 is 0 Å². The summed E-state index contributed by atoms with van der Waals surface area (Å²) < 4.78 is 0. The minimum absolute atomic E-state index is 0.702. The topological polar surface area (TPSA) is 26.0 Å². The summed E-state index contributed by atoms with van der Waals surface area (Å²) in [5.74, 6) is 1.80. The van der Waals surface area contributed by atoms with Crippen LogP contribution in [0, 0.1) is 11.8 Å².